The van der Waals surface area contributed by atoms with Crippen LogP contribution in [0.2, 0.25) is 0 Å². The summed E-state index contributed by atoms with van der Waals surface area (Å²) in [6.45, 7) is 1.91. The third kappa shape index (κ3) is 11.9. The SMILES string of the molecule is O=C1CCCCCO1.O=C1CCCCCO1.O=C1CCCCCO1. The van der Waals surface area contributed by atoms with E-state index in [9.17, 15) is 14.4 Å². The van der Waals surface area contributed by atoms with Crippen LogP contribution < -0.4 is 0 Å². The minimum Gasteiger partial charge on any atom is -0.466 e. The van der Waals surface area contributed by atoms with Crippen LogP contribution in [0.3, 0.4) is 0 Å². The summed E-state index contributed by atoms with van der Waals surface area (Å²) in [6, 6.07) is 0. The predicted molar refractivity (Wildman–Crippen MR) is 88.3 cm³/mol. The van der Waals surface area contributed by atoms with E-state index in [-0.39, 0.29) is 17.9 Å². The van der Waals surface area contributed by atoms with Crippen molar-refractivity contribution in [3.05, 3.63) is 0 Å². The van der Waals surface area contributed by atoms with E-state index in [1.54, 1.807) is 0 Å². The Morgan fingerprint density at radius 1 is 0.417 bits per heavy atom. The second kappa shape index (κ2) is 13.8. The van der Waals surface area contributed by atoms with Gasteiger partial charge in [-0.25, -0.2) is 0 Å². The molecule has 0 amide bonds. The number of esters is 3. The molecule has 0 aliphatic carbocycles. The van der Waals surface area contributed by atoms with E-state index in [1.165, 1.54) is 0 Å². The van der Waals surface area contributed by atoms with Crippen molar-refractivity contribution in [3.8, 4) is 0 Å². The summed E-state index contributed by atoms with van der Waals surface area (Å²) >= 11 is 0. The molecule has 0 saturated carbocycles. The van der Waals surface area contributed by atoms with E-state index in [1.807, 2.05) is 0 Å². The van der Waals surface area contributed by atoms with E-state index in [0.29, 0.717) is 39.1 Å². The number of carbonyl (C=O) groups excluding carboxylic acids is 3. The maximum absolute atomic E-state index is 10.5. The Morgan fingerprint density at radius 3 is 1.00 bits per heavy atom. The van der Waals surface area contributed by atoms with Crippen LogP contribution in [0, 0.1) is 0 Å². The van der Waals surface area contributed by atoms with Crippen molar-refractivity contribution in [3.63, 3.8) is 0 Å². The molecular weight excluding hydrogens is 312 g/mol. The van der Waals surface area contributed by atoms with Gasteiger partial charge in [0, 0.05) is 19.3 Å². The molecule has 0 aromatic rings. The first kappa shape index (κ1) is 20.5. The van der Waals surface area contributed by atoms with Crippen LogP contribution >= 0.6 is 0 Å². The Morgan fingerprint density at radius 2 is 0.708 bits per heavy atom. The maximum atomic E-state index is 10.5. The summed E-state index contributed by atoms with van der Waals surface area (Å²) in [5.74, 6) is -0.0764. The Hall–Kier alpha value is -1.59. The Labute approximate surface area is 144 Å². The van der Waals surface area contributed by atoms with Gasteiger partial charge in [-0.05, 0) is 57.8 Å². The molecule has 0 aromatic heterocycles. The second-order valence-corrected chi connectivity index (χ2v) is 6.09. The standard InChI is InChI=1S/3C6H10O2/c3*7-6-4-2-1-3-5-8-6/h3*1-5H2. The van der Waals surface area contributed by atoms with Gasteiger partial charge in [-0.2, -0.15) is 0 Å². The largest absolute Gasteiger partial charge is 0.466 e. The lowest BCUT2D eigenvalue weighted by Gasteiger charge is -1.93. The molecule has 6 heteroatoms. The summed E-state index contributed by atoms with van der Waals surface area (Å²) in [5.41, 5.74) is 0. The minimum atomic E-state index is -0.0255. The molecule has 3 fully saturated rings. The van der Waals surface area contributed by atoms with Gasteiger partial charge < -0.3 is 14.2 Å². The van der Waals surface area contributed by atoms with Crippen molar-refractivity contribution in [2.75, 3.05) is 19.8 Å². The number of carbonyl (C=O) groups is 3. The molecule has 0 aromatic carbocycles. The lowest BCUT2D eigenvalue weighted by molar-refractivity contribution is -0.143. The molecule has 3 heterocycles. The molecule has 0 atom stereocenters. The van der Waals surface area contributed by atoms with E-state index in [2.05, 4.69) is 0 Å². The van der Waals surface area contributed by atoms with Gasteiger partial charge in [0.1, 0.15) is 0 Å². The maximum Gasteiger partial charge on any atom is 0.305 e. The lowest BCUT2D eigenvalue weighted by atomic mass is 10.2. The summed E-state index contributed by atoms with van der Waals surface area (Å²) in [7, 11) is 0. The van der Waals surface area contributed by atoms with Gasteiger partial charge in [0.25, 0.3) is 0 Å². The molecule has 24 heavy (non-hydrogen) atoms. The highest BCUT2D eigenvalue weighted by molar-refractivity contribution is 5.70. The normalized spacial score (nSPS) is 21.8. The average molecular weight is 342 g/mol. The monoisotopic (exact) mass is 342 g/mol. The first-order valence-corrected chi connectivity index (χ1v) is 9.15. The van der Waals surface area contributed by atoms with E-state index >= 15 is 0 Å². The number of ether oxygens (including phenoxy) is 3. The first-order valence-electron chi connectivity index (χ1n) is 9.15. The summed E-state index contributed by atoms with van der Waals surface area (Å²) in [5, 5.41) is 0. The predicted octanol–water partition coefficient (Wildman–Crippen LogP) is 3.31. The summed E-state index contributed by atoms with van der Waals surface area (Å²) in [4.78, 5) is 31.4. The molecule has 0 unspecified atom stereocenters. The number of hydrogen-bond acceptors (Lipinski definition) is 6. The zero-order valence-electron chi connectivity index (χ0n) is 14.6. The molecule has 0 N–H and O–H groups in total. The van der Waals surface area contributed by atoms with Crippen LogP contribution in [0.4, 0.5) is 0 Å². The molecular formula is C18H30O6. The van der Waals surface area contributed by atoms with Crippen molar-refractivity contribution < 1.29 is 28.6 Å². The highest BCUT2D eigenvalue weighted by atomic mass is 16.5. The van der Waals surface area contributed by atoms with Gasteiger partial charge >= 0.3 is 17.9 Å². The van der Waals surface area contributed by atoms with E-state index in [4.69, 9.17) is 14.2 Å². The van der Waals surface area contributed by atoms with Gasteiger partial charge in [0.15, 0.2) is 0 Å². The highest BCUT2D eigenvalue weighted by Gasteiger charge is 2.07. The second-order valence-electron chi connectivity index (χ2n) is 6.09. The quantitative estimate of drug-likeness (QED) is 0.496. The molecule has 0 radical (unpaired) electrons. The van der Waals surface area contributed by atoms with Crippen LogP contribution in [0.5, 0.6) is 0 Å². The zero-order valence-corrected chi connectivity index (χ0v) is 14.6. The van der Waals surface area contributed by atoms with Crippen LogP contribution in [0.25, 0.3) is 0 Å². The van der Waals surface area contributed by atoms with Crippen LogP contribution in [0.1, 0.15) is 77.0 Å². The Bertz CT molecular complexity index is 293. The number of rotatable bonds is 0. The number of hydrogen-bond donors (Lipinski definition) is 0. The van der Waals surface area contributed by atoms with E-state index in [0.717, 1.165) is 57.8 Å². The third-order valence-electron chi connectivity index (χ3n) is 3.86. The van der Waals surface area contributed by atoms with Gasteiger partial charge in [-0.1, -0.05) is 0 Å². The molecule has 3 saturated heterocycles. The van der Waals surface area contributed by atoms with Crippen LogP contribution in [-0.4, -0.2) is 37.7 Å². The molecule has 0 bridgehead atoms. The van der Waals surface area contributed by atoms with Gasteiger partial charge in [-0.3, -0.25) is 14.4 Å². The van der Waals surface area contributed by atoms with Crippen LogP contribution in [0.15, 0.2) is 0 Å². The topological polar surface area (TPSA) is 78.9 Å². The van der Waals surface area contributed by atoms with Crippen molar-refractivity contribution in [1.82, 2.24) is 0 Å². The molecule has 3 aliphatic heterocycles. The Balaban J connectivity index is 0.000000180. The number of cyclic esters (lactones) is 3. The average Bonchev–Trinajstić information content (AvgIpc) is 3.05. The first-order chi connectivity index (χ1) is 11.7. The van der Waals surface area contributed by atoms with Gasteiger partial charge in [-0.15, -0.1) is 0 Å². The van der Waals surface area contributed by atoms with E-state index < -0.39 is 0 Å². The molecule has 6 nitrogen and oxygen atoms in total. The Kier molecular flexibility index (Phi) is 11.8. The molecule has 3 rings (SSSR count). The molecule has 3 aliphatic rings. The van der Waals surface area contributed by atoms with Crippen LogP contribution in [-0.2, 0) is 28.6 Å². The van der Waals surface area contributed by atoms with Crippen molar-refractivity contribution >= 4 is 17.9 Å². The fraction of sp³-hybridized carbons (Fsp3) is 0.833. The zero-order chi connectivity index (χ0) is 17.5. The smallest absolute Gasteiger partial charge is 0.305 e. The lowest BCUT2D eigenvalue weighted by Crippen LogP contribution is -2.00. The molecule has 138 valence electrons. The van der Waals surface area contributed by atoms with Crippen molar-refractivity contribution in [2.45, 2.75) is 77.0 Å². The molecule has 0 spiro atoms. The summed E-state index contributed by atoms with van der Waals surface area (Å²) < 4.78 is 14.3. The van der Waals surface area contributed by atoms with Crippen molar-refractivity contribution in [1.29, 1.82) is 0 Å². The highest BCUT2D eigenvalue weighted by Crippen LogP contribution is 2.07. The third-order valence-corrected chi connectivity index (χ3v) is 3.86. The summed E-state index contributed by atoms with van der Waals surface area (Å²) in [6.07, 6.45) is 11.5. The fourth-order valence-electron chi connectivity index (χ4n) is 2.42. The fourth-order valence-corrected chi connectivity index (χ4v) is 2.42. The minimum absolute atomic E-state index is 0.0255. The van der Waals surface area contributed by atoms with Gasteiger partial charge in [0.05, 0.1) is 19.8 Å². The van der Waals surface area contributed by atoms with Gasteiger partial charge in [0.2, 0.25) is 0 Å². The van der Waals surface area contributed by atoms with Crippen molar-refractivity contribution in [2.24, 2.45) is 0 Å².